The molecule has 3 heteroatoms. The number of hydrogen-bond acceptors (Lipinski definition) is 2. The molecule has 0 spiro atoms. The molecule has 0 bridgehead atoms. The highest BCUT2D eigenvalue weighted by atomic mass is 16.2. The minimum Gasteiger partial charge on any atom is -0.399 e. The van der Waals surface area contributed by atoms with Crippen molar-refractivity contribution in [3.05, 3.63) is 29.8 Å². The normalized spacial score (nSPS) is 17.4. The molecule has 0 saturated heterocycles. The van der Waals surface area contributed by atoms with Gasteiger partial charge < -0.3 is 10.6 Å². The second-order valence-corrected chi connectivity index (χ2v) is 6.55. The Hall–Kier alpha value is -1.51. The number of carbonyl (C=O) groups is 1. The lowest BCUT2D eigenvalue weighted by molar-refractivity contribution is -0.130. The molecular formula is C18H28N2O. The number of hydrogen-bond donors (Lipinski definition) is 1. The van der Waals surface area contributed by atoms with Gasteiger partial charge in [0.2, 0.25) is 5.91 Å². The maximum Gasteiger partial charge on any atom is 0.222 e. The van der Waals surface area contributed by atoms with E-state index in [1.165, 1.54) is 37.7 Å². The molecule has 1 amide bonds. The van der Waals surface area contributed by atoms with Crippen molar-refractivity contribution in [3.63, 3.8) is 0 Å². The Kier molecular flexibility index (Phi) is 5.66. The van der Waals surface area contributed by atoms with Crippen LogP contribution in [0.25, 0.3) is 0 Å². The van der Waals surface area contributed by atoms with Crippen LogP contribution in [0, 0.1) is 5.92 Å². The topological polar surface area (TPSA) is 46.3 Å². The largest absolute Gasteiger partial charge is 0.399 e. The Morgan fingerprint density at radius 1 is 1.24 bits per heavy atom. The molecule has 1 saturated carbocycles. The molecule has 0 radical (unpaired) electrons. The van der Waals surface area contributed by atoms with Crippen molar-refractivity contribution in [1.82, 2.24) is 4.90 Å². The quantitative estimate of drug-likeness (QED) is 0.838. The van der Waals surface area contributed by atoms with E-state index in [0.717, 1.165) is 12.2 Å². The zero-order valence-corrected chi connectivity index (χ0v) is 13.3. The maximum absolute atomic E-state index is 12.4. The SMILES string of the molecule is CC(CC(=O)N(C)CC1CCCCC1)c1ccc(N)cc1. The molecule has 116 valence electrons. The smallest absolute Gasteiger partial charge is 0.222 e. The van der Waals surface area contributed by atoms with Crippen molar-refractivity contribution < 1.29 is 4.79 Å². The van der Waals surface area contributed by atoms with Gasteiger partial charge in [0.15, 0.2) is 0 Å². The Bertz CT molecular complexity index is 449. The zero-order chi connectivity index (χ0) is 15.2. The molecule has 1 aliphatic carbocycles. The van der Waals surface area contributed by atoms with Crippen molar-refractivity contribution in [2.75, 3.05) is 19.3 Å². The third-order valence-electron chi connectivity index (χ3n) is 4.67. The molecule has 2 N–H and O–H groups in total. The molecule has 21 heavy (non-hydrogen) atoms. The van der Waals surface area contributed by atoms with Crippen LogP contribution in [0.1, 0.15) is 56.9 Å². The highest BCUT2D eigenvalue weighted by Gasteiger charge is 2.20. The first-order valence-electron chi connectivity index (χ1n) is 8.15. The van der Waals surface area contributed by atoms with E-state index in [1.807, 2.05) is 36.2 Å². The summed E-state index contributed by atoms with van der Waals surface area (Å²) in [7, 11) is 1.95. The second kappa shape index (κ2) is 7.48. The third kappa shape index (κ3) is 4.76. The van der Waals surface area contributed by atoms with Gasteiger partial charge in [0.1, 0.15) is 0 Å². The second-order valence-electron chi connectivity index (χ2n) is 6.55. The number of carbonyl (C=O) groups excluding carboxylic acids is 1. The lowest BCUT2D eigenvalue weighted by Crippen LogP contribution is -2.33. The molecule has 1 unspecified atom stereocenters. The van der Waals surface area contributed by atoms with E-state index in [0.29, 0.717) is 12.3 Å². The highest BCUT2D eigenvalue weighted by molar-refractivity contribution is 5.76. The van der Waals surface area contributed by atoms with Gasteiger partial charge in [0.05, 0.1) is 0 Å². The lowest BCUT2D eigenvalue weighted by Gasteiger charge is -2.27. The van der Waals surface area contributed by atoms with E-state index in [1.54, 1.807) is 0 Å². The summed E-state index contributed by atoms with van der Waals surface area (Å²) in [5.41, 5.74) is 7.66. The first-order chi connectivity index (χ1) is 10.1. The number of anilines is 1. The van der Waals surface area contributed by atoms with Crippen LogP contribution in [0.4, 0.5) is 5.69 Å². The van der Waals surface area contributed by atoms with E-state index in [9.17, 15) is 4.79 Å². The molecule has 0 aliphatic heterocycles. The molecule has 0 aromatic heterocycles. The number of benzene rings is 1. The Labute approximate surface area is 128 Å². The van der Waals surface area contributed by atoms with Crippen LogP contribution >= 0.6 is 0 Å². The fraction of sp³-hybridized carbons (Fsp3) is 0.611. The van der Waals surface area contributed by atoms with Crippen molar-refractivity contribution >= 4 is 11.6 Å². The summed E-state index contributed by atoms with van der Waals surface area (Å²) in [4.78, 5) is 14.3. The Balaban J connectivity index is 1.83. The predicted molar refractivity (Wildman–Crippen MR) is 88.1 cm³/mol. The van der Waals surface area contributed by atoms with E-state index >= 15 is 0 Å². The molecule has 1 aromatic carbocycles. The number of nitrogen functional groups attached to an aromatic ring is 1. The first kappa shape index (κ1) is 15.9. The van der Waals surface area contributed by atoms with E-state index < -0.39 is 0 Å². The number of nitrogens with two attached hydrogens (primary N) is 1. The van der Waals surface area contributed by atoms with Gasteiger partial charge in [-0.25, -0.2) is 0 Å². The summed E-state index contributed by atoms with van der Waals surface area (Å²) in [6.07, 6.45) is 7.16. The minimum atomic E-state index is 0.243. The molecular weight excluding hydrogens is 260 g/mol. The summed E-state index contributed by atoms with van der Waals surface area (Å²) in [5.74, 6) is 1.20. The van der Waals surface area contributed by atoms with Gasteiger partial charge in [-0.15, -0.1) is 0 Å². The number of nitrogens with zero attached hydrogens (tertiary/aromatic N) is 1. The lowest BCUT2D eigenvalue weighted by atomic mass is 9.89. The zero-order valence-electron chi connectivity index (χ0n) is 13.3. The third-order valence-corrected chi connectivity index (χ3v) is 4.67. The monoisotopic (exact) mass is 288 g/mol. The summed E-state index contributed by atoms with van der Waals surface area (Å²) in [6, 6.07) is 7.85. The first-order valence-corrected chi connectivity index (χ1v) is 8.15. The van der Waals surface area contributed by atoms with Gasteiger partial charge in [-0.3, -0.25) is 4.79 Å². The van der Waals surface area contributed by atoms with E-state index in [4.69, 9.17) is 5.73 Å². The molecule has 1 aromatic rings. The van der Waals surface area contributed by atoms with Crippen LogP contribution in [0.5, 0.6) is 0 Å². The fourth-order valence-corrected chi connectivity index (χ4v) is 3.22. The summed E-state index contributed by atoms with van der Waals surface area (Å²) in [5, 5.41) is 0. The minimum absolute atomic E-state index is 0.243. The predicted octanol–water partition coefficient (Wildman–Crippen LogP) is 3.80. The van der Waals surface area contributed by atoms with Crippen LogP contribution in [0.15, 0.2) is 24.3 Å². The highest BCUT2D eigenvalue weighted by Crippen LogP contribution is 2.25. The number of amides is 1. The van der Waals surface area contributed by atoms with Gasteiger partial charge >= 0.3 is 0 Å². The Morgan fingerprint density at radius 3 is 2.48 bits per heavy atom. The van der Waals surface area contributed by atoms with E-state index in [2.05, 4.69) is 6.92 Å². The molecule has 1 fully saturated rings. The van der Waals surface area contributed by atoms with Crippen LogP contribution in [-0.2, 0) is 4.79 Å². The van der Waals surface area contributed by atoms with Gasteiger partial charge in [-0.05, 0) is 42.4 Å². The van der Waals surface area contributed by atoms with Crippen LogP contribution in [0.2, 0.25) is 0 Å². The average molecular weight is 288 g/mol. The van der Waals surface area contributed by atoms with Gasteiger partial charge in [0.25, 0.3) is 0 Å². The standard InChI is InChI=1S/C18H28N2O/c1-14(16-8-10-17(19)11-9-16)12-18(21)20(2)13-15-6-4-3-5-7-15/h8-11,14-15H,3-7,12-13,19H2,1-2H3. The van der Waals surface area contributed by atoms with Crippen molar-refractivity contribution in [2.24, 2.45) is 5.92 Å². The molecule has 1 aliphatic rings. The molecule has 2 rings (SSSR count). The van der Waals surface area contributed by atoms with Crippen LogP contribution in [-0.4, -0.2) is 24.4 Å². The molecule has 1 atom stereocenters. The summed E-state index contributed by atoms with van der Waals surface area (Å²) >= 11 is 0. The fourth-order valence-electron chi connectivity index (χ4n) is 3.22. The number of rotatable bonds is 5. The van der Waals surface area contributed by atoms with Crippen LogP contribution in [0.3, 0.4) is 0 Å². The van der Waals surface area contributed by atoms with E-state index in [-0.39, 0.29) is 11.8 Å². The summed E-state index contributed by atoms with van der Waals surface area (Å²) in [6.45, 7) is 3.03. The van der Waals surface area contributed by atoms with Gasteiger partial charge in [0, 0.05) is 25.7 Å². The van der Waals surface area contributed by atoms with Gasteiger partial charge in [-0.1, -0.05) is 38.3 Å². The van der Waals surface area contributed by atoms with Crippen LogP contribution < -0.4 is 5.73 Å². The summed E-state index contributed by atoms with van der Waals surface area (Å²) < 4.78 is 0. The van der Waals surface area contributed by atoms with Crippen molar-refractivity contribution in [1.29, 1.82) is 0 Å². The maximum atomic E-state index is 12.4. The van der Waals surface area contributed by atoms with Crippen molar-refractivity contribution in [3.8, 4) is 0 Å². The molecule has 0 heterocycles. The Morgan fingerprint density at radius 2 is 1.86 bits per heavy atom. The van der Waals surface area contributed by atoms with Crippen molar-refractivity contribution in [2.45, 2.75) is 51.4 Å². The average Bonchev–Trinajstić information content (AvgIpc) is 2.48. The molecule has 3 nitrogen and oxygen atoms in total. The van der Waals surface area contributed by atoms with Gasteiger partial charge in [-0.2, -0.15) is 0 Å².